The molecule has 2 aliphatic rings. The van der Waals surface area contributed by atoms with Crippen LogP contribution in [0, 0.1) is 0 Å². The molecule has 0 aliphatic carbocycles. The lowest BCUT2D eigenvalue weighted by atomic mass is 10.1. The van der Waals surface area contributed by atoms with Gasteiger partial charge in [0.1, 0.15) is 6.10 Å². The van der Waals surface area contributed by atoms with E-state index in [0.717, 1.165) is 39.1 Å². The molecule has 5 heteroatoms. The van der Waals surface area contributed by atoms with Crippen molar-refractivity contribution in [2.24, 2.45) is 0 Å². The molecule has 120 valence electrons. The van der Waals surface area contributed by atoms with E-state index in [1.807, 2.05) is 24.3 Å². The van der Waals surface area contributed by atoms with Gasteiger partial charge in [-0.3, -0.25) is 0 Å². The lowest BCUT2D eigenvalue weighted by molar-refractivity contribution is 0.0270. The Morgan fingerprint density at radius 3 is 2.55 bits per heavy atom. The van der Waals surface area contributed by atoms with Crippen LogP contribution in [0.5, 0.6) is 0 Å². The first-order valence-corrected chi connectivity index (χ1v) is 8.12. The van der Waals surface area contributed by atoms with E-state index in [1.165, 1.54) is 5.69 Å². The van der Waals surface area contributed by atoms with Crippen molar-refractivity contribution in [2.75, 3.05) is 50.8 Å². The topological polar surface area (TPSA) is 42.0 Å². The van der Waals surface area contributed by atoms with Gasteiger partial charge in [0.05, 0.1) is 18.8 Å². The Hall–Kier alpha value is -1.59. The van der Waals surface area contributed by atoms with Crippen LogP contribution in [0.15, 0.2) is 24.3 Å². The molecule has 3 rings (SSSR count). The highest BCUT2D eigenvalue weighted by atomic mass is 16.6. The first kappa shape index (κ1) is 15.3. The minimum absolute atomic E-state index is 0.0886. The Balaban J connectivity index is 1.56. The third-order valence-electron chi connectivity index (χ3n) is 4.45. The van der Waals surface area contributed by atoms with E-state index in [-0.39, 0.29) is 12.1 Å². The second-order valence-corrected chi connectivity index (χ2v) is 5.86. The van der Waals surface area contributed by atoms with E-state index in [0.29, 0.717) is 18.8 Å². The Labute approximate surface area is 131 Å². The minimum atomic E-state index is -0.252. The summed E-state index contributed by atoms with van der Waals surface area (Å²) in [5.41, 5.74) is 1.79. The SMILES string of the molecule is CCN1CCN(c2ccc(C(=O)O[C@H]3CCOC3)cc2)CC1. The number of ether oxygens (including phenoxy) is 2. The van der Waals surface area contributed by atoms with Gasteiger partial charge in [0.15, 0.2) is 0 Å². The van der Waals surface area contributed by atoms with E-state index >= 15 is 0 Å². The average Bonchev–Trinajstić information content (AvgIpc) is 3.08. The van der Waals surface area contributed by atoms with Crippen LogP contribution in [-0.2, 0) is 9.47 Å². The molecule has 5 nitrogen and oxygen atoms in total. The third-order valence-corrected chi connectivity index (χ3v) is 4.45. The average molecular weight is 304 g/mol. The molecule has 0 N–H and O–H groups in total. The van der Waals surface area contributed by atoms with Gasteiger partial charge in [0, 0.05) is 38.3 Å². The molecule has 0 bridgehead atoms. The van der Waals surface area contributed by atoms with Crippen molar-refractivity contribution in [3.8, 4) is 0 Å². The largest absolute Gasteiger partial charge is 0.456 e. The fourth-order valence-electron chi connectivity index (χ4n) is 2.96. The Bertz CT molecular complexity index is 489. The molecular weight excluding hydrogens is 280 g/mol. The number of carbonyl (C=O) groups excluding carboxylic acids is 1. The number of nitrogens with zero attached hydrogens (tertiary/aromatic N) is 2. The zero-order valence-electron chi connectivity index (χ0n) is 13.2. The number of piperazine rings is 1. The van der Waals surface area contributed by atoms with Gasteiger partial charge < -0.3 is 19.3 Å². The van der Waals surface area contributed by atoms with E-state index < -0.39 is 0 Å². The predicted octanol–water partition coefficient (Wildman–Crippen LogP) is 1.77. The number of likely N-dealkylation sites (N-methyl/N-ethyl adjacent to an activating group) is 1. The third kappa shape index (κ3) is 3.59. The van der Waals surface area contributed by atoms with Crippen molar-refractivity contribution >= 4 is 11.7 Å². The fraction of sp³-hybridized carbons (Fsp3) is 0.588. The summed E-state index contributed by atoms with van der Waals surface area (Å²) in [5, 5.41) is 0. The maximum absolute atomic E-state index is 12.1. The Kier molecular flexibility index (Phi) is 4.95. The molecule has 1 atom stereocenters. The highest BCUT2D eigenvalue weighted by Crippen LogP contribution is 2.19. The van der Waals surface area contributed by atoms with Gasteiger partial charge in [-0.1, -0.05) is 6.92 Å². The van der Waals surface area contributed by atoms with Crippen molar-refractivity contribution in [1.82, 2.24) is 4.90 Å². The molecule has 0 spiro atoms. The monoisotopic (exact) mass is 304 g/mol. The number of esters is 1. The molecule has 0 radical (unpaired) electrons. The molecule has 2 aliphatic heterocycles. The molecule has 0 saturated carbocycles. The number of hydrogen-bond acceptors (Lipinski definition) is 5. The second-order valence-electron chi connectivity index (χ2n) is 5.86. The second kappa shape index (κ2) is 7.11. The summed E-state index contributed by atoms with van der Waals surface area (Å²) in [6, 6.07) is 7.76. The number of benzene rings is 1. The summed E-state index contributed by atoms with van der Waals surface area (Å²) >= 11 is 0. The zero-order chi connectivity index (χ0) is 15.4. The molecule has 1 aromatic rings. The molecule has 0 aromatic heterocycles. The van der Waals surface area contributed by atoms with Crippen molar-refractivity contribution in [3.63, 3.8) is 0 Å². The summed E-state index contributed by atoms with van der Waals surface area (Å²) in [4.78, 5) is 16.9. The normalized spacial score (nSPS) is 22.8. The maximum Gasteiger partial charge on any atom is 0.338 e. The molecule has 22 heavy (non-hydrogen) atoms. The molecule has 0 unspecified atom stereocenters. The lowest BCUT2D eigenvalue weighted by Gasteiger charge is -2.35. The number of hydrogen-bond donors (Lipinski definition) is 0. The van der Waals surface area contributed by atoms with Crippen LogP contribution in [0.25, 0.3) is 0 Å². The van der Waals surface area contributed by atoms with Crippen LogP contribution in [0.1, 0.15) is 23.7 Å². The van der Waals surface area contributed by atoms with Gasteiger partial charge >= 0.3 is 5.97 Å². The number of rotatable bonds is 4. The summed E-state index contributed by atoms with van der Waals surface area (Å²) in [6.45, 7) is 8.79. The van der Waals surface area contributed by atoms with E-state index in [1.54, 1.807) is 0 Å². The Morgan fingerprint density at radius 1 is 1.23 bits per heavy atom. The van der Waals surface area contributed by atoms with Crippen LogP contribution in [-0.4, -0.2) is 62.9 Å². The maximum atomic E-state index is 12.1. The first-order chi connectivity index (χ1) is 10.8. The van der Waals surface area contributed by atoms with Gasteiger partial charge in [0.2, 0.25) is 0 Å². The molecule has 2 fully saturated rings. The highest BCUT2D eigenvalue weighted by Gasteiger charge is 2.21. The Morgan fingerprint density at radius 2 is 1.95 bits per heavy atom. The van der Waals surface area contributed by atoms with Crippen LogP contribution in [0.4, 0.5) is 5.69 Å². The van der Waals surface area contributed by atoms with Gasteiger partial charge in [-0.05, 0) is 30.8 Å². The fourth-order valence-corrected chi connectivity index (χ4v) is 2.96. The van der Waals surface area contributed by atoms with Crippen molar-refractivity contribution in [2.45, 2.75) is 19.4 Å². The summed E-state index contributed by atoms with van der Waals surface area (Å²) < 4.78 is 10.6. The predicted molar refractivity (Wildman–Crippen MR) is 85.4 cm³/mol. The summed E-state index contributed by atoms with van der Waals surface area (Å²) in [6.07, 6.45) is 0.709. The minimum Gasteiger partial charge on any atom is -0.456 e. The zero-order valence-corrected chi connectivity index (χ0v) is 13.2. The lowest BCUT2D eigenvalue weighted by Crippen LogP contribution is -2.46. The molecule has 2 saturated heterocycles. The van der Waals surface area contributed by atoms with Gasteiger partial charge in [0.25, 0.3) is 0 Å². The van der Waals surface area contributed by atoms with Crippen LogP contribution in [0.3, 0.4) is 0 Å². The van der Waals surface area contributed by atoms with Gasteiger partial charge in [-0.25, -0.2) is 4.79 Å². The van der Waals surface area contributed by atoms with Crippen molar-refractivity contribution < 1.29 is 14.3 Å². The van der Waals surface area contributed by atoms with E-state index in [2.05, 4.69) is 16.7 Å². The first-order valence-electron chi connectivity index (χ1n) is 8.12. The molecule has 2 heterocycles. The number of carbonyl (C=O) groups is 1. The summed E-state index contributed by atoms with van der Waals surface area (Å²) in [7, 11) is 0. The van der Waals surface area contributed by atoms with Crippen LogP contribution in [0.2, 0.25) is 0 Å². The number of anilines is 1. The molecule has 1 aromatic carbocycles. The van der Waals surface area contributed by atoms with Crippen LogP contribution < -0.4 is 4.90 Å². The van der Waals surface area contributed by atoms with Crippen LogP contribution >= 0.6 is 0 Å². The quantitative estimate of drug-likeness (QED) is 0.793. The van der Waals surface area contributed by atoms with E-state index in [4.69, 9.17) is 9.47 Å². The standard InChI is InChI=1S/C17H24N2O3/c1-2-18-8-10-19(11-9-18)15-5-3-14(4-6-15)17(20)22-16-7-12-21-13-16/h3-6,16H,2,7-13H2,1H3/t16-/m0/s1. The van der Waals surface area contributed by atoms with Crippen molar-refractivity contribution in [3.05, 3.63) is 29.8 Å². The van der Waals surface area contributed by atoms with E-state index in [9.17, 15) is 4.79 Å². The highest BCUT2D eigenvalue weighted by molar-refractivity contribution is 5.90. The summed E-state index contributed by atoms with van der Waals surface area (Å²) in [5.74, 6) is -0.252. The smallest absolute Gasteiger partial charge is 0.338 e. The van der Waals surface area contributed by atoms with Gasteiger partial charge in [-0.2, -0.15) is 0 Å². The molecular formula is C17H24N2O3. The molecule has 0 amide bonds. The van der Waals surface area contributed by atoms with Gasteiger partial charge in [-0.15, -0.1) is 0 Å². The van der Waals surface area contributed by atoms with Crippen molar-refractivity contribution in [1.29, 1.82) is 0 Å².